The molecule has 1 aromatic rings. The van der Waals surface area contributed by atoms with Gasteiger partial charge in [0.05, 0.1) is 22.7 Å². The van der Waals surface area contributed by atoms with Crippen molar-refractivity contribution in [2.75, 3.05) is 19.6 Å². The smallest absolute Gasteiger partial charge is 0.329 e. The number of nitrogens with one attached hydrogen (secondary N) is 1. The van der Waals surface area contributed by atoms with Crippen molar-refractivity contribution in [1.29, 1.82) is 0 Å². The fourth-order valence-corrected chi connectivity index (χ4v) is 2.92. The molecule has 0 unspecified atom stereocenters. The molecule has 0 bridgehead atoms. The summed E-state index contributed by atoms with van der Waals surface area (Å²) in [6.45, 7) is 0.692. The van der Waals surface area contributed by atoms with Crippen LogP contribution in [0.3, 0.4) is 0 Å². The summed E-state index contributed by atoms with van der Waals surface area (Å²) in [7, 11) is 0. The van der Waals surface area contributed by atoms with Gasteiger partial charge in [-0.05, 0) is 17.7 Å². The van der Waals surface area contributed by atoms with Crippen LogP contribution in [-0.2, 0) is 12.4 Å². The number of halogens is 6. The SMILES string of the molecule is O=C1c2c(cc(C(F)(F)F)cc2C(F)(F)F)[C@@H]2CNCCN12. The molecule has 1 N–H and O–H groups in total. The highest BCUT2D eigenvalue weighted by Gasteiger charge is 2.47. The van der Waals surface area contributed by atoms with Crippen LogP contribution in [0, 0.1) is 0 Å². The van der Waals surface area contributed by atoms with E-state index in [2.05, 4.69) is 5.32 Å². The first-order chi connectivity index (χ1) is 10.1. The van der Waals surface area contributed by atoms with Gasteiger partial charge in [-0.15, -0.1) is 0 Å². The summed E-state index contributed by atoms with van der Waals surface area (Å²) >= 11 is 0. The Balaban J connectivity index is 2.25. The first-order valence-electron chi connectivity index (χ1n) is 6.44. The van der Waals surface area contributed by atoms with Crippen LogP contribution < -0.4 is 5.32 Å². The average Bonchev–Trinajstić information content (AvgIpc) is 2.70. The zero-order valence-electron chi connectivity index (χ0n) is 11.0. The van der Waals surface area contributed by atoms with E-state index in [0.29, 0.717) is 12.6 Å². The number of rotatable bonds is 0. The summed E-state index contributed by atoms with van der Waals surface area (Å²) in [5.41, 5.74) is -3.77. The van der Waals surface area contributed by atoms with E-state index in [1.165, 1.54) is 4.90 Å². The average molecular weight is 324 g/mol. The maximum Gasteiger partial charge on any atom is 0.417 e. The fraction of sp³-hybridized carbons (Fsp3) is 0.462. The molecule has 1 atom stereocenters. The van der Waals surface area contributed by atoms with Gasteiger partial charge >= 0.3 is 12.4 Å². The van der Waals surface area contributed by atoms with Gasteiger partial charge in [0.25, 0.3) is 5.91 Å². The van der Waals surface area contributed by atoms with Crippen molar-refractivity contribution >= 4 is 5.91 Å². The number of amides is 1. The molecular weight excluding hydrogens is 314 g/mol. The van der Waals surface area contributed by atoms with Gasteiger partial charge in [0.2, 0.25) is 0 Å². The minimum atomic E-state index is -5.02. The largest absolute Gasteiger partial charge is 0.417 e. The van der Waals surface area contributed by atoms with Gasteiger partial charge in [0.1, 0.15) is 0 Å². The van der Waals surface area contributed by atoms with Crippen molar-refractivity contribution in [3.63, 3.8) is 0 Å². The lowest BCUT2D eigenvalue weighted by molar-refractivity contribution is -0.143. The molecular formula is C13H10F6N2O. The van der Waals surface area contributed by atoms with Gasteiger partial charge in [0, 0.05) is 19.6 Å². The van der Waals surface area contributed by atoms with Crippen LogP contribution in [0.2, 0.25) is 0 Å². The van der Waals surface area contributed by atoms with E-state index in [0.717, 1.165) is 0 Å². The summed E-state index contributed by atoms with van der Waals surface area (Å²) in [6, 6.07) is -0.123. The van der Waals surface area contributed by atoms with Crippen molar-refractivity contribution in [2.45, 2.75) is 18.4 Å². The molecule has 2 heterocycles. The summed E-state index contributed by atoms with van der Waals surface area (Å²) in [4.78, 5) is 13.4. The van der Waals surface area contributed by atoms with Crippen molar-refractivity contribution in [3.8, 4) is 0 Å². The zero-order valence-corrected chi connectivity index (χ0v) is 11.0. The monoisotopic (exact) mass is 324 g/mol. The Hall–Kier alpha value is -1.77. The predicted molar refractivity (Wildman–Crippen MR) is 63.1 cm³/mol. The second-order valence-electron chi connectivity index (χ2n) is 5.20. The van der Waals surface area contributed by atoms with Crippen LogP contribution in [0.1, 0.15) is 33.1 Å². The molecule has 0 saturated carbocycles. The second kappa shape index (κ2) is 4.61. The maximum atomic E-state index is 13.1. The molecule has 0 spiro atoms. The maximum absolute atomic E-state index is 13.1. The van der Waals surface area contributed by atoms with E-state index < -0.39 is 41.0 Å². The number of hydrogen-bond donors (Lipinski definition) is 1. The second-order valence-corrected chi connectivity index (χ2v) is 5.20. The van der Waals surface area contributed by atoms with Gasteiger partial charge in [-0.2, -0.15) is 26.3 Å². The van der Waals surface area contributed by atoms with Gasteiger partial charge in [0.15, 0.2) is 0 Å². The van der Waals surface area contributed by atoms with Crippen molar-refractivity contribution in [1.82, 2.24) is 10.2 Å². The number of carbonyl (C=O) groups is 1. The Bertz CT molecular complexity index is 637. The highest BCUT2D eigenvalue weighted by atomic mass is 19.4. The van der Waals surface area contributed by atoms with Crippen molar-refractivity contribution < 1.29 is 31.1 Å². The highest BCUT2D eigenvalue weighted by Crippen LogP contribution is 2.45. The normalized spacial score (nSPS) is 21.8. The van der Waals surface area contributed by atoms with E-state index in [-0.39, 0.29) is 24.7 Å². The van der Waals surface area contributed by atoms with Crippen LogP contribution in [0.15, 0.2) is 12.1 Å². The first kappa shape index (κ1) is 15.1. The summed E-state index contributed by atoms with van der Waals surface area (Å²) in [5.74, 6) is -0.859. The van der Waals surface area contributed by atoms with Crippen LogP contribution in [0.4, 0.5) is 26.3 Å². The lowest BCUT2D eigenvalue weighted by Gasteiger charge is -2.30. The number of benzene rings is 1. The minimum Gasteiger partial charge on any atom is -0.329 e. The Morgan fingerprint density at radius 2 is 1.77 bits per heavy atom. The number of alkyl halides is 6. The third-order valence-corrected chi connectivity index (χ3v) is 3.88. The molecule has 0 aliphatic carbocycles. The van der Waals surface area contributed by atoms with Crippen LogP contribution in [0.25, 0.3) is 0 Å². The number of fused-ring (bicyclic) bond motifs is 3. The molecule has 1 amide bonds. The molecule has 2 aliphatic heterocycles. The number of nitrogens with zero attached hydrogens (tertiary/aromatic N) is 1. The van der Waals surface area contributed by atoms with Crippen molar-refractivity contribution in [2.24, 2.45) is 0 Å². The van der Waals surface area contributed by atoms with Crippen LogP contribution >= 0.6 is 0 Å². The molecule has 22 heavy (non-hydrogen) atoms. The number of hydrogen-bond acceptors (Lipinski definition) is 2. The third-order valence-electron chi connectivity index (χ3n) is 3.88. The number of piperazine rings is 1. The molecule has 3 rings (SSSR count). The van der Waals surface area contributed by atoms with Gasteiger partial charge in [-0.3, -0.25) is 4.79 Å². The van der Waals surface area contributed by atoms with E-state index in [9.17, 15) is 31.1 Å². The van der Waals surface area contributed by atoms with E-state index in [1.54, 1.807) is 0 Å². The minimum absolute atomic E-state index is 0.0165. The van der Waals surface area contributed by atoms with Crippen LogP contribution in [-0.4, -0.2) is 30.4 Å². The Morgan fingerprint density at radius 1 is 1.09 bits per heavy atom. The zero-order chi connectivity index (χ0) is 16.3. The summed E-state index contributed by atoms with van der Waals surface area (Å²) in [6.07, 6.45) is -9.93. The van der Waals surface area contributed by atoms with Gasteiger partial charge < -0.3 is 10.2 Å². The Labute approximate surface area is 120 Å². The number of carbonyl (C=O) groups excluding carboxylic acids is 1. The van der Waals surface area contributed by atoms with E-state index in [4.69, 9.17) is 0 Å². The Kier molecular flexibility index (Phi) is 3.17. The van der Waals surface area contributed by atoms with E-state index >= 15 is 0 Å². The molecule has 0 radical (unpaired) electrons. The lowest BCUT2D eigenvalue weighted by atomic mass is 9.95. The quantitative estimate of drug-likeness (QED) is 0.744. The molecule has 1 saturated heterocycles. The summed E-state index contributed by atoms with van der Waals surface area (Å²) < 4.78 is 77.9. The third kappa shape index (κ3) is 2.23. The predicted octanol–water partition coefficient (Wildman–Crippen LogP) is 2.82. The molecule has 9 heteroatoms. The molecule has 3 nitrogen and oxygen atoms in total. The fourth-order valence-electron chi connectivity index (χ4n) is 2.92. The first-order valence-corrected chi connectivity index (χ1v) is 6.44. The van der Waals surface area contributed by atoms with E-state index in [1.807, 2.05) is 0 Å². The van der Waals surface area contributed by atoms with Gasteiger partial charge in [-0.1, -0.05) is 0 Å². The van der Waals surface area contributed by atoms with Crippen molar-refractivity contribution in [3.05, 3.63) is 34.4 Å². The topological polar surface area (TPSA) is 32.3 Å². The Morgan fingerprint density at radius 3 is 2.36 bits per heavy atom. The molecule has 1 aromatic carbocycles. The standard InChI is InChI=1S/C13H10F6N2O/c14-12(15,16)6-3-7-9-5-20-1-2-21(9)11(22)10(7)8(4-6)13(17,18)19/h3-4,9,20H,1-2,5H2/t9-/m0/s1. The lowest BCUT2D eigenvalue weighted by Crippen LogP contribution is -2.44. The van der Waals surface area contributed by atoms with Crippen LogP contribution in [0.5, 0.6) is 0 Å². The van der Waals surface area contributed by atoms with Gasteiger partial charge in [-0.25, -0.2) is 0 Å². The molecule has 2 aliphatic rings. The molecule has 0 aromatic heterocycles. The molecule has 1 fully saturated rings. The summed E-state index contributed by atoms with van der Waals surface area (Å²) in [5, 5.41) is 2.88. The molecule has 120 valence electrons. The highest BCUT2D eigenvalue weighted by molar-refractivity contribution is 6.01.